The number of hydrogen-bond acceptors (Lipinski definition) is 7. The number of aliphatic hydroxyl groups excluding tert-OH is 4. The minimum absolute atomic E-state index is 0.369. The van der Waals surface area contributed by atoms with Gasteiger partial charge in [0, 0.05) is 12.0 Å². The Bertz CT molecular complexity index is 778. The van der Waals surface area contributed by atoms with Gasteiger partial charge in [-0.1, -0.05) is 62.1 Å². The summed E-state index contributed by atoms with van der Waals surface area (Å²) in [5.41, 5.74) is 0. The molecule has 172 valence electrons. The molecule has 1 aliphatic heterocycles. The van der Waals surface area contributed by atoms with E-state index in [0.717, 1.165) is 49.7 Å². The van der Waals surface area contributed by atoms with Crippen LogP contribution in [0.4, 0.5) is 0 Å². The van der Waals surface area contributed by atoms with E-state index in [1.807, 2.05) is 24.3 Å². The summed E-state index contributed by atoms with van der Waals surface area (Å²) in [5.74, 6) is 0.932. The molecule has 0 saturated carbocycles. The van der Waals surface area contributed by atoms with Crippen molar-refractivity contribution in [2.24, 2.45) is 0 Å². The molecule has 1 aliphatic rings. The number of unbranched alkanes of at least 4 members (excludes halogenated alkanes) is 5. The number of hydrogen-bond donors (Lipinski definition) is 4. The van der Waals surface area contributed by atoms with Crippen molar-refractivity contribution in [3.8, 4) is 5.75 Å². The average molecular weight is 435 g/mol. The van der Waals surface area contributed by atoms with Gasteiger partial charge in [-0.05, 0) is 24.3 Å². The van der Waals surface area contributed by atoms with E-state index in [1.165, 1.54) is 5.39 Å². The smallest absolute Gasteiger partial charge is 0.184 e. The molecule has 0 aromatic heterocycles. The first-order valence-electron chi connectivity index (χ1n) is 11.1. The molecule has 1 fully saturated rings. The topological polar surface area (TPSA) is 109 Å². The zero-order valence-corrected chi connectivity index (χ0v) is 17.8. The lowest BCUT2D eigenvalue weighted by Crippen LogP contribution is -2.59. The molecule has 0 spiro atoms. The van der Waals surface area contributed by atoms with Crippen LogP contribution in [0, 0.1) is 0 Å². The molecule has 0 aliphatic carbocycles. The Balaban J connectivity index is 1.24. The van der Waals surface area contributed by atoms with Crippen LogP contribution in [0.25, 0.3) is 10.8 Å². The number of ether oxygens (including phenoxy) is 3. The van der Waals surface area contributed by atoms with Gasteiger partial charge in [-0.2, -0.15) is 0 Å². The third-order valence-corrected chi connectivity index (χ3v) is 5.70. The average Bonchev–Trinajstić information content (AvgIpc) is 2.79. The second-order valence-corrected chi connectivity index (χ2v) is 8.01. The van der Waals surface area contributed by atoms with Gasteiger partial charge >= 0.3 is 0 Å². The SMILES string of the molecule is OC[C@H]1OC(O)[C@H](O)[C@@H](OCCCCCCCCOc2cccc3ccccc23)[C@@H]1O. The van der Waals surface area contributed by atoms with Crippen LogP contribution in [0.1, 0.15) is 38.5 Å². The van der Waals surface area contributed by atoms with Crippen molar-refractivity contribution >= 4 is 10.8 Å². The van der Waals surface area contributed by atoms with Crippen LogP contribution in [-0.2, 0) is 9.47 Å². The highest BCUT2D eigenvalue weighted by Crippen LogP contribution is 2.25. The van der Waals surface area contributed by atoms with E-state index in [-0.39, 0.29) is 0 Å². The Morgan fingerprint density at radius 3 is 2.23 bits per heavy atom. The van der Waals surface area contributed by atoms with Crippen LogP contribution in [-0.4, -0.2) is 71.0 Å². The monoisotopic (exact) mass is 434 g/mol. The molecule has 7 heteroatoms. The summed E-state index contributed by atoms with van der Waals surface area (Å²) < 4.78 is 16.5. The van der Waals surface area contributed by atoms with Gasteiger partial charge in [-0.15, -0.1) is 0 Å². The summed E-state index contributed by atoms with van der Waals surface area (Å²) >= 11 is 0. The number of benzene rings is 2. The lowest BCUT2D eigenvalue weighted by Gasteiger charge is -2.39. The van der Waals surface area contributed by atoms with Gasteiger partial charge in [-0.25, -0.2) is 0 Å². The summed E-state index contributed by atoms with van der Waals surface area (Å²) in [4.78, 5) is 0. The highest BCUT2D eigenvalue weighted by Gasteiger charge is 2.44. The number of rotatable bonds is 12. The molecule has 5 atom stereocenters. The summed E-state index contributed by atoms with van der Waals surface area (Å²) in [7, 11) is 0. The van der Waals surface area contributed by atoms with Gasteiger partial charge in [-0.3, -0.25) is 0 Å². The van der Waals surface area contributed by atoms with Crippen molar-refractivity contribution in [2.75, 3.05) is 19.8 Å². The molecule has 0 amide bonds. The first kappa shape index (κ1) is 23.9. The van der Waals surface area contributed by atoms with Crippen LogP contribution >= 0.6 is 0 Å². The zero-order valence-electron chi connectivity index (χ0n) is 17.8. The van der Waals surface area contributed by atoms with Crippen molar-refractivity contribution in [3.05, 3.63) is 42.5 Å². The first-order chi connectivity index (χ1) is 15.1. The number of aliphatic hydroxyl groups is 4. The van der Waals surface area contributed by atoms with E-state index in [2.05, 4.69) is 18.2 Å². The zero-order chi connectivity index (χ0) is 22.1. The van der Waals surface area contributed by atoms with Gasteiger partial charge in [0.2, 0.25) is 0 Å². The van der Waals surface area contributed by atoms with Crippen molar-refractivity contribution in [1.29, 1.82) is 0 Å². The molecule has 1 saturated heterocycles. The molecule has 4 N–H and O–H groups in total. The van der Waals surface area contributed by atoms with Crippen LogP contribution in [0.5, 0.6) is 5.75 Å². The van der Waals surface area contributed by atoms with E-state index >= 15 is 0 Å². The quantitative estimate of drug-likeness (QED) is 0.380. The Morgan fingerprint density at radius 1 is 0.774 bits per heavy atom. The van der Waals surface area contributed by atoms with E-state index in [1.54, 1.807) is 0 Å². The Morgan fingerprint density at radius 2 is 1.45 bits per heavy atom. The van der Waals surface area contributed by atoms with Crippen LogP contribution < -0.4 is 4.74 Å². The molecular weight excluding hydrogens is 400 g/mol. The Hall–Kier alpha value is -1.74. The minimum atomic E-state index is -1.47. The molecule has 0 bridgehead atoms. The molecular formula is C24H34O7. The van der Waals surface area contributed by atoms with Gasteiger partial charge in [0.25, 0.3) is 0 Å². The molecule has 1 unspecified atom stereocenters. The standard InChI is InChI=1S/C24H34O7/c25-16-20-21(26)23(22(27)24(28)31-20)30-15-8-4-2-1-3-7-14-29-19-13-9-11-17-10-5-6-12-18(17)19/h5-6,9-13,20-28H,1-4,7-8,14-16H2/t20-,21-,22-,23+,24?/m1/s1. The van der Waals surface area contributed by atoms with Crippen LogP contribution in [0.3, 0.4) is 0 Å². The summed E-state index contributed by atoms with van der Waals surface area (Å²) in [5, 5.41) is 41.2. The maximum atomic E-state index is 10.1. The third kappa shape index (κ3) is 6.62. The molecule has 2 aromatic carbocycles. The lowest BCUT2D eigenvalue weighted by molar-refractivity contribution is -0.294. The largest absolute Gasteiger partial charge is 0.493 e. The third-order valence-electron chi connectivity index (χ3n) is 5.70. The van der Waals surface area contributed by atoms with Gasteiger partial charge in [0.15, 0.2) is 6.29 Å². The maximum Gasteiger partial charge on any atom is 0.184 e. The summed E-state index contributed by atoms with van der Waals surface area (Å²) in [6.45, 7) is 0.619. The van der Waals surface area contributed by atoms with Gasteiger partial charge in [0.1, 0.15) is 30.2 Å². The van der Waals surface area contributed by atoms with Gasteiger partial charge < -0.3 is 34.6 Å². The highest BCUT2D eigenvalue weighted by molar-refractivity contribution is 5.88. The fraction of sp³-hybridized carbons (Fsp3) is 0.583. The second kappa shape index (κ2) is 12.3. The minimum Gasteiger partial charge on any atom is -0.493 e. The molecule has 2 aromatic rings. The predicted molar refractivity (Wildman–Crippen MR) is 117 cm³/mol. The fourth-order valence-electron chi connectivity index (χ4n) is 3.90. The molecule has 1 heterocycles. The summed E-state index contributed by atoms with van der Waals surface area (Å²) in [6.07, 6.45) is 0.131. The van der Waals surface area contributed by atoms with E-state index in [4.69, 9.17) is 14.2 Å². The van der Waals surface area contributed by atoms with Crippen molar-refractivity contribution < 1.29 is 34.6 Å². The van der Waals surface area contributed by atoms with Crippen LogP contribution in [0.2, 0.25) is 0 Å². The first-order valence-corrected chi connectivity index (χ1v) is 11.1. The maximum absolute atomic E-state index is 10.1. The molecule has 31 heavy (non-hydrogen) atoms. The Labute approximate surface area is 183 Å². The van der Waals surface area contributed by atoms with Crippen molar-refractivity contribution in [3.63, 3.8) is 0 Å². The van der Waals surface area contributed by atoms with Gasteiger partial charge in [0.05, 0.1) is 13.2 Å². The predicted octanol–water partition coefficient (Wildman–Crippen LogP) is 2.38. The van der Waals surface area contributed by atoms with E-state index < -0.39 is 37.3 Å². The number of fused-ring (bicyclic) bond motifs is 1. The van der Waals surface area contributed by atoms with Crippen LogP contribution in [0.15, 0.2) is 42.5 Å². The fourth-order valence-corrected chi connectivity index (χ4v) is 3.90. The molecule has 7 nitrogen and oxygen atoms in total. The highest BCUT2D eigenvalue weighted by atomic mass is 16.6. The Kier molecular flexibility index (Phi) is 9.52. The van der Waals surface area contributed by atoms with Crippen molar-refractivity contribution in [2.45, 2.75) is 69.2 Å². The molecule has 0 radical (unpaired) electrons. The van der Waals surface area contributed by atoms with Crippen molar-refractivity contribution in [1.82, 2.24) is 0 Å². The lowest BCUT2D eigenvalue weighted by atomic mass is 9.99. The normalized spacial score (nSPS) is 26.3. The van der Waals surface area contributed by atoms with E-state index in [9.17, 15) is 20.4 Å². The summed E-state index contributed by atoms with van der Waals surface area (Å²) in [6, 6.07) is 14.3. The molecule has 3 rings (SSSR count). The second-order valence-electron chi connectivity index (χ2n) is 8.01. The van der Waals surface area contributed by atoms with E-state index in [0.29, 0.717) is 13.2 Å².